The summed E-state index contributed by atoms with van der Waals surface area (Å²) in [5, 5.41) is 0. The van der Waals surface area contributed by atoms with Crippen molar-refractivity contribution in [1.82, 2.24) is 0 Å². The van der Waals surface area contributed by atoms with Gasteiger partial charge in [0.1, 0.15) is 29.2 Å². The van der Waals surface area contributed by atoms with Crippen LogP contribution in [0.25, 0.3) is 0 Å². The van der Waals surface area contributed by atoms with E-state index in [4.69, 9.17) is 116 Å². The highest BCUT2D eigenvalue weighted by molar-refractivity contribution is 6.83. The number of Topliss-reactive ketones (excluding diaryl/α,β-unsaturated/α-hetero) is 1. The Morgan fingerprint density at radius 2 is 0.727 bits per heavy atom. The molecule has 4 bridgehead atoms. The van der Waals surface area contributed by atoms with Crippen LogP contribution in [0.4, 0.5) is 0 Å². The summed E-state index contributed by atoms with van der Waals surface area (Å²) in [7, 11) is 0. The molecule has 0 spiro atoms. The highest BCUT2D eigenvalue weighted by atomic mass is 35.5. The molecule has 124 valence electrons. The van der Waals surface area contributed by atoms with E-state index in [0.717, 1.165) is 0 Å². The van der Waals surface area contributed by atoms with Crippen molar-refractivity contribution in [3.05, 3.63) is 0 Å². The molecule has 0 aliphatic heterocycles. The molecule has 0 heterocycles. The molecule has 12 heteroatoms. The molecule has 0 saturated heterocycles. The van der Waals surface area contributed by atoms with E-state index in [0.29, 0.717) is 0 Å². The van der Waals surface area contributed by atoms with Crippen LogP contribution in [0.2, 0.25) is 0 Å². The summed E-state index contributed by atoms with van der Waals surface area (Å²) < 4.78 is -1.94. The number of carbonyl (C=O) groups is 1. The van der Waals surface area contributed by atoms with Crippen LogP contribution in [-0.4, -0.2) is 54.6 Å². The Kier molecular flexibility index (Phi) is 2.75. The maximum absolute atomic E-state index is 12.8. The summed E-state index contributed by atoms with van der Waals surface area (Å²) in [6.07, 6.45) is 0. The maximum atomic E-state index is 12.8. The minimum absolute atomic E-state index is 0. The Balaban J connectivity index is 0.00000125. The molecule has 0 aromatic heterocycles. The summed E-state index contributed by atoms with van der Waals surface area (Å²) in [4.78, 5) is -2.01. The number of carbonyl (C=O) groups excluding carboxylic acids is 1. The zero-order valence-corrected chi connectivity index (χ0v) is 17.2. The Morgan fingerprint density at radius 1 is 0.500 bits per heavy atom. The second-order valence-corrected chi connectivity index (χ2v) is 12.0. The minimum atomic E-state index is -1.94. The van der Waals surface area contributed by atoms with Crippen LogP contribution in [0.5, 0.6) is 0 Å². The molecule has 6 fully saturated rings. The molecule has 22 heavy (non-hydrogen) atoms. The summed E-state index contributed by atoms with van der Waals surface area (Å²) in [6, 6.07) is 0. The van der Waals surface area contributed by atoms with Gasteiger partial charge in [-0.15, -0.1) is 92.8 Å². The lowest BCUT2D eigenvalue weighted by molar-refractivity contribution is -0.122. The average Bonchev–Trinajstić information content (AvgIpc) is 2.64. The first-order chi connectivity index (χ1) is 9.15. The third-order valence-electron chi connectivity index (χ3n) is 6.24. The van der Waals surface area contributed by atoms with Crippen molar-refractivity contribution in [2.75, 3.05) is 0 Å². The van der Waals surface area contributed by atoms with Crippen LogP contribution in [-0.2, 0) is 4.79 Å². The quantitative estimate of drug-likeness (QED) is 0.460. The molecule has 0 aromatic rings. The SMILES string of the molecule is O.O=C1C2(Cl)[C@@]3(Cl)C4(Cl)C(Cl)(Cl)C5(Cl)[C@@]3(Cl)C1(Cl)[C@@]5(Cl)[C@]24Cl. The largest absolute Gasteiger partial charge is 0.412 e. The Morgan fingerprint density at radius 3 is 0.955 bits per heavy atom. The topological polar surface area (TPSA) is 48.6 Å². The third kappa shape index (κ3) is 0.696. The molecule has 0 aromatic carbocycles. The van der Waals surface area contributed by atoms with Crippen molar-refractivity contribution in [2.45, 2.75) is 43.3 Å². The van der Waals surface area contributed by atoms with E-state index in [-0.39, 0.29) is 5.48 Å². The van der Waals surface area contributed by atoms with Gasteiger partial charge in [0.05, 0.1) is 0 Å². The van der Waals surface area contributed by atoms with Crippen molar-refractivity contribution in [3.63, 3.8) is 0 Å². The molecular formula is C10H2Cl10O2. The lowest BCUT2D eigenvalue weighted by atomic mass is 9.41. The molecule has 0 radical (unpaired) electrons. The second kappa shape index (κ2) is 3.37. The van der Waals surface area contributed by atoms with Crippen LogP contribution < -0.4 is 0 Å². The first-order valence-corrected chi connectivity index (χ1v) is 9.37. The van der Waals surface area contributed by atoms with Gasteiger partial charge in [0, 0.05) is 0 Å². The van der Waals surface area contributed by atoms with Crippen molar-refractivity contribution in [1.29, 1.82) is 0 Å². The van der Waals surface area contributed by atoms with Crippen LogP contribution in [0.3, 0.4) is 0 Å². The lowest BCUT2D eigenvalue weighted by Gasteiger charge is -2.80. The van der Waals surface area contributed by atoms with Crippen LogP contribution in [0.15, 0.2) is 0 Å². The van der Waals surface area contributed by atoms with Gasteiger partial charge in [0.15, 0.2) is 19.9 Å². The number of ketones is 1. The van der Waals surface area contributed by atoms with Gasteiger partial charge in [-0.1, -0.05) is 23.2 Å². The summed E-state index contributed by atoms with van der Waals surface area (Å²) >= 11 is 65.7. The molecule has 2 nitrogen and oxygen atoms in total. The number of hydrogen-bond donors (Lipinski definition) is 0. The minimum Gasteiger partial charge on any atom is -0.412 e. The predicted molar refractivity (Wildman–Crippen MR) is 91.7 cm³/mol. The molecule has 6 rings (SSSR count). The zero-order chi connectivity index (χ0) is 16.1. The fourth-order valence-corrected chi connectivity index (χ4v) is 14.0. The Bertz CT molecular complexity index is 634. The first-order valence-electron chi connectivity index (χ1n) is 5.59. The van der Waals surface area contributed by atoms with Crippen molar-refractivity contribution in [3.8, 4) is 0 Å². The highest BCUT2D eigenvalue weighted by Gasteiger charge is 3.30. The zero-order valence-electron chi connectivity index (χ0n) is 9.69. The fraction of sp³-hybridized carbons (Fsp3) is 0.900. The molecule has 6 aliphatic rings. The molecule has 2 N–H and O–H groups in total. The van der Waals surface area contributed by atoms with Crippen molar-refractivity contribution in [2.24, 2.45) is 0 Å². The van der Waals surface area contributed by atoms with Crippen molar-refractivity contribution < 1.29 is 10.3 Å². The van der Waals surface area contributed by atoms with Gasteiger partial charge in [-0.3, -0.25) is 4.79 Å². The van der Waals surface area contributed by atoms with Gasteiger partial charge in [-0.05, 0) is 0 Å². The average molecular weight is 509 g/mol. The van der Waals surface area contributed by atoms with Gasteiger partial charge in [-0.25, -0.2) is 0 Å². The smallest absolute Gasteiger partial charge is 0.182 e. The highest BCUT2D eigenvalue weighted by Crippen LogP contribution is 3.09. The van der Waals surface area contributed by atoms with Gasteiger partial charge in [-0.2, -0.15) is 0 Å². The normalized spacial score (nSPS) is 77.3. The number of hydrogen-bond acceptors (Lipinski definition) is 1. The summed E-state index contributed by atoms with van der Waals surface area (Å²) in [5.74, 6) is -0.690. The second-order valence-electron chi connectivity index (χ2n) is 6.17. The van der Waals surface area contributed by atoms with Gasteiger partial charge in [0.25, 0.3) is 0 Å². The van der Waals surface area contributed by atoms with Crippen LogP contribution in [0.1, 0.15) is 0 Å². The first kappa shape index (κ1) is 17.9. The van der Waals surface area contributed by atoms with E-state index in [2.05, 4.69) is 0 Å². The number of halogens is 10. The van der Waals surface area contributed by atoms with Crippen LogP contribution >= 0.6 is 116 Å². The molecular weight excluding hydrogens is 507 g/mol. The molecule has 4 unspecified atom stereocenters. The van der Waals surface area contributed by atoms with Gasteiger partial charge < -0.3 is 5.48 Å². The molecule has 0 amide bonds. The van der Waals surface area contributed by atoms with E-state index in [1.54, 1.807) is 0 Å². The van der Waals surface area contributed by atoms with E-state index in [1.807, 2.05) is 0 Å². The number of alkyl halides is 10. The maximum Gasteiger partial charge on any atom is 0.182 e. The van der Waals surface area contributed by atoms with Gasteiger partial charge in [0.2, 0.25) is 0 Å². The standard InChI is InChI=1S/C10Cl10O.H2O/c11-2-1(21)3(12)6(15)4(2,13)8(17)5(2,14)7(3,16)9(6,18)10(8,19)20;/h;1H2/t2?,3?,4-,5-,6-,7+,8?,9?;/m1./s1. The molecule has 6 saturated carbocycles. The fourth-order valence-electron chi connectivity index (χ4n) is 5.64. The summed E-state index contributed by atoms with van der Waals surface area (Å²) in [6.45, 7) is 0. The summed E-state index contributed by atoms with van der Waals surface area (Å²) in [5.41, 5.74) is 0. The molecule has 6 aliphatic carbocycles. The Labute approximate surface area is 174 Å². The Hall–Kier alpha value is 2.53. The van der Waals surface area contributed by atoms with E-state index in [9.17, 15) is 4.79 Å². The van der Waals surface area contributed by atoms with Crippen LogP contribution in [0, 0.1) is 0 Å². The van der Waals surface area contributed by atoms with E-state index < -0.39 is 49.1 Å². The van der Waals surface area contributed by atoms with Crippen molar-refractivity contribution >= 4 is 122 Å². The van der Waals surface area contributed by atoms with E-state index >= 15 is 0 Å². The number of rotatable bonds is 0. The van der Waals surface area contributed by atoms with E-state index in [1.165, 1.54) is 0 Å². The van der Waals surface area contributed by atoms with Gasteiger partial charge >= 0.3 is 0 Å². The predicted octanol–water partition coefficient (Wildman–Crippen LogP) is 3.79. The molecule has 8 atom stereocenters. The third-order valence-corrected chi connectivity index (χ3v) is 15.3. The lowest BCUT2D eigenvalue weighted by Crippen LogP contribution is -3.03. The monoisotopic (exact) mass is 504 g/mol.